The number of hydrogen-bond acceptors (Lipinski definition) is 8. The number of amides is 1. The molecular weight excluding hydrogens is 340 g/mol. The van der Waals surface area contributed by atoms with Crippen LogP contribution in [0.15, 0.2) is 23.7 Å². The molecule has 1 atom stereocenters. The predicted molar refractivity (Wildman–Crippen MR) is 92.3 cm³/mol. The Labute approximate surface area is 148 Å². The molecule has 1 aliphatic heterocycles. The summed E-state index contributed by atoms with van der Waals surface area (Å²) in [5.41, 5.74) is 0.609. The highest BCUT2D eigenvalue weighted by molar-refractivity contribution is 7.09. The normalized spacial score (nSPS) is 17.8. The summed E-state index contributed by atoms with van der Waals surface area (Å²) in [7, 11) is 0. The predicted octanol–water partition coefficient (Wildman–Crippen LogP) is 0.551. The first kappa shape index (κ1) is 15.9. The second-order valence-electron chi connectivity index (χ2n) is 5.97. The summed E-state index contributed by atoms with van der Waals surface area (Å²) in [6, 6.07) is 3.73. The Kier molecular flexibility index (Phi) is 4.51. The van der Waals surface area contributed by atoms with Gasteiger partial charge in [0, 0.05) is 37.6 Å². The van der Waals surface area contributed by atoms with Crippen LogP contribution in [0.3, 0.4) is 0 Å². The number of rotatable bonds is 5. The molecule has 0 bridgehead atoms. The number of carbonyl (C=O) groups is 1. The summed E-state index contributed by atoms with van der Waals surface area (Å²) in [4.78, 5) is 18.8. The van der Waals surface area contributed by atoms with Gasteiger partial charge in [-0.15, -0.1) is 26.2 Å². The number of aromatic nitrogens is 6. The molecule has 4 heterocycles. The molecule has 1 N–H and O–H groups in total. The van der Waals surface area contributed by atoms with Crippen molar-refractivity contribution in [2.75, 3.05) is 24.5 Å². The van der Waals surface area contributed by atoms with Gasteiger partial charge in [-0.05, 0) is 35.4 Å². The zero-order valence-corrected chi connectivity index (χ0v) is 14.4. The summed E-state index contributed by atoms with van der Waals surface area (Å²) < 4.78 is 1.41. The number of fused-ring (bicyclic) bond motifs is 1. The van der Waals surface area contributed by atoms with E-state index in [1.54, 1.807) is 17.5 Å². The van der Waals surface area contributed by atoms with Crippen molar-refractivity contribution in [3.63, 3.8) is 0 Å². The monoisotopic (exact) mass is 358 g/mol. The van der Waals surface area contributed by atoms with Gasteiger partial charge in [0.25, 0.3) is 0 Å². The van der Waals surface area contributed by atoms with Gasteiger partial charge in [0.1, 0.15) is 0 Å². The van der Waals surface area contributed by atoms with Gasteiger partial charge in [0.15, 0.2) is 11.5 Å². The lowest BCUT2D eigenvalue weighted by molar-refractivity contribution is -0.125. The fourth-order valence-electron chi connectivity index (χ4n) is 3.02. The first-order valence-electron chi connectivity index (χ1n) is 8.26. The first-order chi connectivity index (χ1) is 12.3. The van der Waals surface area contributed by atoms with Crippen LogP contribution in [0.5, 0.6) is 0 Å². The van der Waals surface area contributed by atoms with Crippen molar-refractivity contribution in [2.45, 2.75) is 19.3 Å². The Morgan fingerprint density at radius 3 is 3.24 bits per heavy atom. The highest BCUT2D eigenvalue weighted by atomic mass is 32.1. The highest BCUT2D eigenvalue weighted by Gasteiger charge is 2.26. The average Bonchev–Trinajstić information content (AvgIpc) is 3.32. The van der Waals surface area contributed by atoms with Crippen LogP contribution < -0.4 is 10.2 Å². The molecule has 0 unspecified atom stereocenters. The van der Waals surface area contributed by atoms with Crippen LogP contribution in [0, 0.1) is 5.92 Å². The van der Waals surface area contributed by atoms with Gasteiger partial charge in [0.05, 0.1) is 10.9 Å². The van der Waals surface area contributed by atoms with Crippen LogP contribution in [0.4, 0.5) is 5.82 Å². The molecular formula is C15H18N8OS. The van der Waals surface area contributed by atoms with Crippen LogP contribution in [-0.4, -0.2) is 55.8 Å². The smallest absolute Gasteiger partial charge is 0.224 e. The highest BCUT2D eigenvalue weighted by Crippen LogP contribution is 2.21. The van der Waals surface area contributed by atoms with E-state index in [4.69, 9.17) is 0 Å². The third kappa shape index (κ3) is 3.58. The number of tetrazole rings is 1. The fourth-order valence-corrected chi connectivity index (χ4v) is 3.64. The first-order valence-corrected chi connectivity index (χ1v) is 9.14. The zero-order chi connectivity index (χ0) is 17.1. The molecule has 3 aromatic rings. The minimum Gasteiger partial charge on any atom is -0.355 e. The molecule has 1 fully saturated rings. The molecule has 1 aliphatic rings. The number of anilines is 1. The molecule has 9 nitrogen and oxygen atoms in total. The molecule has 0 radical (unpaired) electrons. The minimum atomic E-state index is -0.0311. The largest absolute Gasteiger partial charge is 0.355 e. The van der Waals surface area contributed by atoms with Gasteiger partial charge >= 0.3 is 0 Å². The third-order valence-corrected chi connectivity index (χ3v) is 5.13. The second kappa shape index (κ2) is 7.09. The van der Waals surface area contributed by atoms with E-state index in [1.807, 2.05) is 17.5 Å². The summed E-state index contributed by atoms with van der Waals surface area (Å²) in [6.45, 7) is 2.16. The molecule has 4 rings (SSSR count). The molecule has 0 aromatic carbocycles. The van der Waals surface area contributed by atoms with Crippen molar-refractivity contribution in [3.8, 4) is 0 Å². The number of piperidine rings is 1. The van der Waals surface area contributed by atoms with Crippen LogP contribution in [0.1, 0.15) is 17.8 Å². The molecule has 10 heteroatoms. The molecule has 130 valence electrons. The van der Waals surface area contributed by atoms with Crippen LogP contribution >= 0.6 is 11.3 Å². The van der Waals surface area contributed by atoms with E-state index in [-0.39, 0.29) is 11.8 Å². The van der Waals surface area contributed by atoms with E-state index in [1.165, 1.54) is 4.63 Å². The van der Waals surface area contributed by atoms with E-state index in [9.17, 15) is 4.79 Å². The van der Waals surface area contributed by atoms with Gasteiger partial charge in [-0.1, -0.05) is 0 Å². The van der Waals surface area contributed by atoms with Crippen molar-refractivity contribution in [1.29, 1.82) is 0 Å². The molecule has 0 saturated carbocycles. The molecule has 0 aliphatic carbocycles. The number of nitrogens with one attached hydrogen (secondary N) is 1. The Morgan fingerprint density at radius 2 is 2.36 bits per heavy atom. The second-order valence-corrected chi connectivity index (χ2v) is 6.95. The fraction of sp³-hybridized carbons (Fsp3) is 0.467. The van der Waals surface area contributed by atoms with Crippen LogP contribution in [0.2, 0.25) is 0 Å². The van der Waals surface area contributed by atoms with Crippen molar-refractivity contribution in [2.24, 2.45) is 5.92 Å². The lowest BCUT2D eigenvalue weighted by Crippen LogP contribution is -2.44. The quantitative estimate of drug-likeness (QED) is 0.711. The Hall–Kier alpha value is -2.62. The summed E-state index contributed by atoms with van der Waals surface area (Å²) in [5.74, 6) is 0.862. The van der Waals surface area contributed by atoms with Gasteiger partial charge < -0.3 is 10.2 Å². The SMILES string of the molecule is O=C(NCCc1nccs1)[C@@H]1CCCN(c2ccc3nnnn3n2)C1. The number of carbonyl (C=O) groups excluding carboxylic acids is 1. The van der Waals surface area contributed by atoms with E-state index >= 15 is 0 Å². The van der Waals surface area contributed by atoms with E-state index in [0.717, 1.165) is 36.6 Å². The summed E-state index contributed by atoms with van der Waals surface area (Å²) in [6.07, 6.45) is 4.42. The Morgan fingerprint density at radius 1 is 1.40 bits per heavy atom. The maximum Gasteiger partial charge on any atom is 0.224 e. The molecule has 1 saturated heterocycles. The lowest BCUT2D eigenvalue weighted by Gasteiger charge is -2.32. The zero-order valence-electron chi connectivity index (χ0n) is 13.6. The van der Waals surface area contributed by atoms with Gasteiger partial charge in [-0.2, -0.15) is 0 Å². The van der Waals surface area contributed by atoms with Crippen LogP contribution in [-0.2, 0) is 11.2 Å². The maximum atomic E-state index is 12.5. The molecule has 25 heavy (non-hydrogen) atoms. The topological polar surface area (TPSA) is 101 Å². The lowest BCUT2D eigenvalue weighted by atomic mass is 9.97. The van der Waals surface area contributed by atoms with Crippen molar-refractivity contribution in [1.82, 2.24) is 35.6 Å². The standard InChI is InChI=1S/C15H18N8OS/c24-15(17-6-5-14-16-7-9-25-14)11-2-1-8-22(10-11)13-4-3-12-18-20-21-23(12)19-13/h3-4,7,9,11H,1-2,5-6,8,10H2,(H,17,24)/t11-/m1/s1. The summed E-state index contributed by atoms with van der Waals surface area (Å²) in [5, 5.41) is 21.7. The molecule has 0 spiro atoms. The van der Waals surface area contributed by atoms with E-state index < -0.39 is 0 Å². The third-order valence-electron chi connectivity index (χ3n) is 4.29. The van der Waals surface area contributed by atoms with Crippen molar-refractivity contribution < 1.29 is 4.79 Å². The maximum absolute atomic E-state index is 12.5. The van der Waals surface area contributed by atoms with Crippen molar-refractivity contribution >= 4 is 28.7 Å². The van der Waals surface area contributed by atoms with Gasteiger partial charge in [-0.3, -0.25) is 4.79 Å². The molecule has 1 amide bonds. The Balaban J connectivity index is 1.35. The summed E-state index contributed by atoms with van der Waals surface area (Å²) >= 11 is 1.61. The number of hydrogen-bond donors (Lipinski definition) is 1. The van der Waals surface area contributed by atoms with Gasteiger partial charge in [-0.25, -0.2) is 4.98 Å². The average molecular weight is 358 g/mol. The number of thiazole rings is 1. The van der Waals surface area contributed by atoms with Crippen LogP contribution in [0.25, 0.3) is 5.65 Å². The molecule has 3 aromatic heterocycles. The van der Waals surface area contributed by atoms with E-state index in [0.29, 0.717) is 18.7 Å². The van der Waals surface area contributed by atoms with Crippen molar-refractivity contribution in [3.05, 3.63) is 28.7 Å². The number of nitrogens with zero attached hydrogens (tertiary/aromatic N) is 7. The Bertz CT molecular complexity index is 848. The van der Waals surface area contributed by atoms with E-state index in [2.05, 4.69) is 35.8 Å². The minimum absolute atomic E-state index is 0.0311. The van der Waals surface area contributed by atoms with Gasteiger partial charge in [0.2, 0.25) is 5.91 Å².